The molecule has 2 amide bonds. The molecule has 1 aliphatic rings. The summed E-state index contributed by atoms with van der Waals surface area (Å²) in [7, 11) is 0. The zero-order chi connectivity index (χ0) is 15.6. The number of hydrogen-bond donors (Lipinski definition) is 2. The highest BCUT2D eigenvalue weighted by Gasteiger charge is 2.58. The molecule has 1 unspecified atom stereocenters. The molecule has 8 heteroatoms. The van der Waals surface area contributed by atoms with Gasteiger partial charge in [0.25, 0.3) is 0 Å². The number of nitrogens with zero attached hydrogens (tertiary/aromatic N) is 1. The lowest BCUT2D eigenvalue weighted by atomic mass is 9.85. The SMILES string of the molecule is CCN(CC1CCC1)C(=O)NC(C)(C(=O)O)C(F)(F)F. The lowest BCUT2D eigenvalue weighted by molar-refractivity contribution is -0.203. The maximum absolute atomic E-state index is 12.8. The summed E-state index contributed by atoms with van der Waals surface area (Å²) in [6.45, 7) is 2.68. The lowest BCUT2D eigenvalue weighted by Crippen LogP contribution is -2.64. The number of carbonyl (C=O) groups excluding carboxylic acids is 1. The first kappa shape index (κ1) is 16.6. The van der Waals surface area contributed by atoms with Gasteiger partial charge < -0.3 is 15.3 Å². The van der Waals surface area contributed by atoms with Crippen LogP contribution < -0.4 is 5.32 Å². The molecule has 0 aromatic heterocycles. The first-order valence-corrected chi connectivity index (χ1v) is 6.49. The number of rotatable bonds is 5. The van der Waals surface area contributed by atoms with Gasteiger partial charge >= 0.3 is 18.2 Å². The van der Waals surface area contributed by atoms with Crippen molar-refractivity contribution in [2.45, 2.75) is 44.8 Å². The molecule has 1 aliphatic carbocycles. The Hall–Kier alpha value is -1.47. The number of aliphatic carboxylic acids is 1. The molecular formula is C12H19F3N2O3. The van der Waals surface area contributed by atoms with Gasteiger partial charge in [-0.2, -0.15) is 13.2 Å². The van der Waals surface area contributed by atoms with Crippen LogP contribution in [0.3, 0.4) is 0 Å². The molecule has 1 rings (SSSR count). The fourth-order valence-electron chi connectivity index (χ4n) is 1.88. The fourth-order valence-corrected chi connectivity index (χ4v) is 1.88. The second-order valence-electron chi connectivity index (χ2n) is 5.19. The lowest BCUT2D eigenvalue weighted by Gasteiger charge is -2.35. The van der Waals surface area contributed by atoms with Crippen molar-refractivity contribution in [1.29, 1.82) is 0 Å². The van der Waals surface area contributed by atoms with Gasteiger partial charge in [0.1, 0.15) is 0 Å². The Kier molecular flexibility index (Phi) is 4.88. The van der Waals surface area contributed by atoms with E-state index in [1.807, 2.05) is 0 Å². The molecule has 0 saturated heterocycles. The summed E-state index contributed by atoms with van der Waals surface area (Å²) in [5.41, 5.74) is -3.28. The van der Waals surface area contributed by atoms with Crippen molar-refractivity contribution in [3.63, 3.8) is 0 Å². The van der Waals surface area contributed by atoms with Crippen LogP contribution in [-0.4, -0.2) is 46.8 Å². The molecule has 1 atom stereocenters. The van der Waals surface area contributed by atoms with E-state index < -0.39 is 23.7 Å². The highest BCUT2D eigenvalue weighted by Crippen LogP contribution is 2.31. The number of carbonyl (C=O) groups is 2. The average Bonchev–Trinajstić information content (AvgIpc) is 2.25. The maximum Gasteiger partial charge on any atom is 0.422 e. The number of hydrogen-bond acceptors (Lipinski definition) is 2. The molecule has 1 saturated carbocycles. The third-order valence-corrected chi connectivity index (χ3v) is 3.72. The Balaban J connectivity index is 2.76. The molecule has 0 aromatic rings. The summed E-state index contributed by atoms with van der Waals surface area (Å²) in [5, 5.41) is 10.4. The van der Waals surface area contributed by atoms with Crippen LogP contribution in [0.4, 0.5) is 18.0 Å². The van der Waals surface area contributed by atoms with Gasteiger partial charge in [-0.3, -0.25) is 0 Å². The number of urea groups is 1. The molecule has 0 spiro atoms. The molecular weight excluding hydrogens is 277 g/mol. The number of halogens is 3. The third kappa shape index (κ3) is 3.34. The van der Waals surface area contributed by atoms with Gasteiger partial charge in [0, 0.05) is 13.1 Å². The van der Waals surface area contributed by atoms with E-state index >= 15 is 0 Å². The van der Waals surface area contributed by atoms with Crippen molar-refractivity contribution in [3.8, 4) is 0 Å². The van der Waals surface area contributed by atoms with Crippen LogP contribution in [0, 0.1) is 5.92 Å². The van der Waals surface area contributed by atoms with Gasteiger partial charge in [0.2, 0.25) is 5.54 Å². The topological polar surface area (TPSA) is 69.6 Å². The Morgan fingerprint density at radius 1 is 1.35 bits per heavy atom. The van der Waals surface area contributed by atoms with E-state index in [0.29, 0.717) is 19.4 Å². The van der Waals surface area contributed by atoms with E-state index in [1.165, 1.54) is 4.90 Å². The molecule has 0 heterocycles. The molecule has 116 valence electrons. The fraction of sp³-hybridized carbons (Fsp3) is 0.833. The van der Waals surface area contributed by atoms with Crippen LogP contribution in [0.1, 0.15) is 33.1 Å². The zero-order valence-electron chi connectivity index (χ0n) is 11.5. The molecule has 5 nitrogen and oxygen atoms in total. The molecule has 20 heavy (non-hydrogen) atoms. The monoisotopic (exact) mass is 296 g/mol. The van der Waals surface area contributed by atoms with Gasteiger partial charge in [0.15, 0.2) is 0 Å². The van der Waals surface area contributed by atoms with E-state index in [-0.39, 0.29) is 6.54 Å². The number of amides is 2. The molecule has 0 aromatic carbocycles. The highest BCUT2D eigenvalue weighted by atomic mass is 19.4. The number of nitrogens with one attached hydrogen (secondary N) is 1. The van der Waals surface area contributed by atoms with Crippen molar-refractivity contribution < 1.29 is 27.9 Å². The van der Waals surface area contributed by atoms with Crippen molar-refractivity contribution in [2.75, 3.05) is 13.1 Å². The summed E-state index contributed by atoms with van der Waals surface area (Å²) >= 11 is 0. The summed E-state index contributed by atoms with van der Waals surface area (Å²) in [6, 6.07) is -0.998. The zero-order valence-corrected chi connectivity index (χ0v) is 11.5. The number of alkyl halides is 3. The first-order valence-electron chi connectivity index (χ1n) is 6.49. The average molecular weight is 296 g/mol. The van der Waals surface area contributed by atoms with Crippen LogP contribution in [0.15, 0.2) is 0 Å². The van der Waals surface area contributed by atoms with E-state index in [0.717, 1.165) is 19.3 Å². The van der Waals surface area contributed by atoms with Gasteiger partial charge in [-0.25, -0.2) is 9.59 Å². The second kappa shape index (κ2) is 5.88. The van der Waals surface area contributed by atoms with E-state index in [1.54, 1.807) is 12.2 Å². The first-order chi connectivity index (χ1) is 9.11. The molecule has 0 radical (unpaired) electrons. The van der Waals surface area contributed by atoms with Gasteiger partial charge in [0.05, 0.1) is 0 Å². The Bertz CT molecular complexity index is 383. The van der Waals surface area contributed by atoms with Crippen LogP contribution in [-0.2, 0) is 4.79 Å². The standard InChI is InChI=1S/C12H19F3N2O3/c1-3-17(7-8-5-4-6-8)10(20)16-11(2,9(18)19)12(13,14)15/h8H,3-7H2,1-2H3,(H,16,20)(H,18,19). The highest BCUT2D eigenvalue weighted by molar-refractivity contribution is 5.86. The largest absolute Gasteiger partial charge is 0.479 e. The number of carboxylic acid groups (broad SMARTS) is 1. The predicted octanol–water partition coefficient (Wildman–Crippen LogP) is 2.22. The quantitative estimate of drug-likeness (QED) is 0.817. The molecule has 1 fully saturated rings. The van der Waals surface area contributed by atoms with Crippen LogP contribution in [0.2, 0.25) is 0 Å². The minimum absolute atomic E-state index is 0.232. The predicted molar refractivity (Wildman–Crippen MR) is 65.2 cm³/mol. The summed E-state index contributed by atoms with van der Waals surface area (Å²) < 4.78 is 38.4. The van der Waals surface area contributed by atoms with Crippen LogP contribution in [0.5, 0.6) is 0 Å². The molecule has 2 N–H and O–H groups in total. The van der Waals surface area contributed by atoms with Gasteiger partial charge in [-0.1, -0.05) is 6.42 Å². The van der Waals surface area contributed by atoms with Crippen molar-refractivity contribution in [3.05, 3.63) is 0 Å². The smallest absolute Gasteiger partial charge is 0.422 e. The van der Waals surface area contributed by atoms with Crippen molar-refractivity contribution in [1.82, 2.24) is 10.2 Å². The summed E-state index contributed by atoms with van der Waals surface area (Å²) in [4.78, 5) is 23.9. The second-order valence-corrected chi connectivity index (χ2v) is 5.19. The van der Waals surface area contributed by atoms with Crippen molar-refractivity contribution >= 4 is 12.0 Å². The normalized spacial score (nSPS) is 18.9. The van der Waals surface area contributed by atoms with E-state index in [4.69, 9.17) is 5.11 Å². The molecule has 0 aliphatic heterocycles. The summed E-state index contributed by atoms with van der Waals surface area (Å²) in [6.07, 6.45) is -2.12. The van der Waals surface area contributed by atoms with Crippen LogP contribution in [0.25, 0.3) is 0 Å². The van der Waals surface area contributed by atoms with Crippen molar-refractivity contribution in [2.24, 2.45) is 5.92 Å². The minimum atomic E-state index is -5.07. The Labute approximate surface area is 115 Å². The summed E-state index contributed by atoms with van der Waals surface area (Å²) in [5.74, 6) is -1.83. The van der Waals surface area contributed by atoms with Gasteiger partial charge in [-0.15, -0.1) is 0 Å². The maximum atomic E-state index is 12.8. The third-order valence-electron chi connectivity index (χ3n) is 3.72. The number of carboxylic acids is 1. The van der Waals surface area contributed by atoms with E-state index in [9.17, 15) is 22.8 Å². The van der Waals surface area contributed by atoms with Crippen LogP contribution >= 0.6 is 0 Å². The minimum Gasteiger partial charge on any atom is -0.479 e. The Morgan fingerprint density at radius 2 is 1.90 bits per heavy atom. The molecule has 0 bridgehead atoms. The Morgan fingerprint density at radius 3 is 2.20 bits per heavy atom. The van der Waals surface area contributed by atoms with Gasteiger partial charge in [-0.05, 0) is 32.6 Å². The van der Waals surface area contributed by atoms with E-state index in [2.05, 4.69) is 0 Å².